The van der Waals surface area contributed by atoms with Crippen molar-refractivity contribution < 1.29 is 14.3 Å². The molecule has 2 fully saturated rings. The maximum Gasteiger partial charge on any atom is 0.261 e. The maximum absolute atomic E-state index is 13.0. The van der Waals surface area contributed by atoms with Crippen molar-refractivity contribution in [3.05, 3.63) is 58.6 Å². The Balaban J connectivity index is 1.17. The first-order valence-electron chi connectivity index (χ1n) is 11.4. The Bertz CT molecular complexity index is 1270. The molecule has 3 aliphatic rings. The highest BCUT2D eigenvalue weighted by Crippen LogP contribution is 2.47. The third-order valence-electron chi connectivity index (χ3n) is 6.55. The first kappa shape index (κ1) is 19.3. The summed E-state index contributed by atoms with van der Waals surface area (Å²) < 4.78 is 13.9. The number of carbonyl (C=O) groups is 1. The number of carbonyl (C=O) groups excluding carboxylic acids is 1. The third kappa shape index (κ3) is 3.42. The number of nitrogens with one attached hydrogen (secondary N) is 1. The Kier molecular flexibility index (Phi) is 4.45. The Morgan fingerprint density at radius 3 is 2.69 bits per heavy atom. The summed E-state index contributed by atoms with van der Waals surface area (Å²) in [5.41, 5.74) is 1.35. The topological polar surface area (TPSA) is 82.5 Å². The molecule has 2 aromatic carbocycles. The summed E-state index contributed by atoms with van der Waals surface area (Å²) >= 11 is 0. The molecular formula is C25H25N3O4. The number of anilines is 1. The normalized spacial score (nSPS) is 18.4. The summed E-state index contributed by atoms with van der Waals surface area (Å²) in [4.78, 5) is 30.4. The van der Waals surface area contributed by atoms with Gasteiger partial charge in [0.25, 0.3) is 11.3 Å². The van der Waals surface area contributed by atoms with Crippen LogP contribution in [0.3, 0.4) is 0 Å². The maximum atomic E-state index is 13.0. The van der Waals surface area contributed by atoms with Crippen molar-refractivity contribution in [3.8, 4) is 11.5 Å². The van der Waals surface area contributed by atoms with Crippen molar-refractivity contribution in [2.75, 3.05) is 5.32 Å². The predicted octanol–water partition coefficient (Wildman–Crippen LogP) is 4.34. The van der Waals surface area contributed by atoms with E-state index < -0.39 is 5.79 Å². The summed E-state index contributed by atoms with van der Waals surface area (Å²) in [5, 5.41) is 3.58. The van der Waals surface area contributed by atoms with Crippen molar-refractivity contribution in [1.82, 2.24) is 9.55 Å². The van der Waals surface area contributed by atoms with Crippen LogP contribution in [0, 0.1) is 0 Å². The SMILES string of the molecule is O=C(CCc1nc2ccccc2c(=O)n1C1CC1)Nc1ccc2c(c1)OC1(CCCC1)O2. The molecule has 0 radical (unpaired) electrons. The first-order chi connectivity index (χ1) is 15.6. The number of ether oxygens (including phenoxy) is 2. The predicted molar refractivity (Wildman–Crippen MR) is 120 cm³/mol. The lowest BCUT2D eigenvalue weighted by Crippen LogP contribution is -2.34. The van der Waals surface area contributed by atoms with Crippen LogP contribution in [0.2, 0.25) is 0 Å². The van der Waals surface area contributed by atoms with Crippen LogP contribution < -0.4 is 20.3 Å². The van der Waals surface area contributed by atoms with E-state index in [1.807, 2.05) is 42.5 Å². The second-order valence-corrected chi connectivity index (χ2v) is 8.98. The number of aryl methyl sites for hydroxylation is 1. The molecule has 1 spiro atoms. The van der Waals surface area contributed by atoms with Gasteiger partial charge in [-0.25, -0.2) is 4.98 Å². The summed E-state index contributed by atoms with van der Waals surface area (Å²) in [7, 11) is 0. The summed E-state index contributed by atoms with van der Waals surface area (Å²) in [5.74, 6) is 1.46. The Hall–Kier alpha value is -3.35. The van der Waals surface area contributed by atoms with Gasteiger partial charge in [-0.2, -0.15) is 0 Å². The fourth-order valence-electron chi connectivity index (χ4n) is 4.82. The van der Waals surface area contributed by atoms with Gasteiger partial charge in [0.05, 0.1) is 10.9 Å². The molecule has 32 heavy (non-hydrogen) atoms. The van der Waals surface area contributed by atoms with E-state index in [-0.39, 0.29) is 23.9 Å². The van der Waals surface area contributed by atoms with Crippen LogP contribution in [0.4, 0.5) is 5.69 Å². The van der Waals surface area contributed by atoms with Gasteiger partial charge in [-0.1, -0.05) is 12.1 Å². The van der Waals surface area contributed by atoms with Crippen molar-refractivity contribution in [3.63, 3.8) is 0 Å². The van der Waals surface area contributed by atoms with Crippen LogP contribution in [-0.2, 0) is 11.2 Å². The van der Waals surface area contributed by atoms with Gasteiger partial charge < -0.3 is 14.8 Å². The van der Waals surface area contributed by atoms with Gasteiger partial charge in [-0.05, 0) is 49.9 Å². The van der Waals surface area contributed by atoms with E-state index in [1.165, 1.54) is 0 Å². The summed E-state index contributed by atoms with van der Waals surface area (Å²) in [6.07, 6.45) is 6.62. The van der Waals surface area contributed by atoms with Crippen LogP contribution in [0.25, 0.3) is 10.9 Å². The molecule has 1 amide bonds. The first-order valence-corrected chi connectivity index (χ1v) is 11.4. The van der Waals surface area contributed by atoms with Crippen LogP contribution in [0.1, 0.15) is 56.8 Å². The van der Waals surface area contributed by atoms with Gasteiger partial charge in [-0.15, -0.1) is 0 Å². The Morgan fingerprint density at radius 2 is 1.88 bits per heavy atom. The lowest BCUT2D eigenvalue weighted by atomic mass is 10.2. The zero-order valence-corrected chi connectivity index (χ0v) is 17.8. The number of amides is 1. The van der Waals surface area contributed by atoms with Gasteiger partial charge in [0.15, 0.2) is 11.5 Å². The Morgan fingerprint density at radius 1 is 1.09 bits per heavy atom. The molecule has 2 heterocycles. The summed E-state index contributed by atoms with van der Waals surface area (Å²) in [6, 6.07) is 13.1. The second kappa shape index (κ2) is 7.36. The van der Waals surface area contributed by atoms with Crippen molar-refractivity contribution in [2.45, 2.75) is 63.2 Å². The number of para-hydroxylation sites is 1. The highest BCUT2D eigenvalue weighted by Gasteiger charge is 2.44. The van der Waals surface area contributed by atoms with Gasteiger partial charge in [0.1, 0.15) is 5.82 Å². The number of hydrogen-bond acceptors (Lipinski definition) is 5. The van der Waals surface area contributed by atoms with Gasteiger partial charge in [-0.3, -0.25) is 14.2 Å². The fraction of sp³-hybridized carbons (Fsp3) is 0.400. The molecule has 6 rings (SSSR count). The molecule has 2 aliphatic carbocycles. The van der Waals surface area contributed by atoms with Gasteiger partial charge in [0.2, 0.25) is 5.91 Å². The van der Waals surface area contributed by atoms with Crippen LogP contribution >= 0.6 is 0 Å². The molecule has 1 aliphatic heterocycles. The standard InChI is InChI=1S/C25H25N3O4/c29-23(26-16-7-10-20-21(15-16)32-25(31-20)13-3-4-14-25)12-11-22-27-19-6-2-1-5-18(19)24(30)28(22)17-8-9-17/h1-2,5-7,10,15,17H,3-4,8-9,11-14H2,(H,26,29). The molecule has 0 unspecified atom stereocenters. The van der Waals surface area contributed by atoms with E-state index >= 15 is 0 Å². The van der Waals surface area contributed by atoms with Crippen molar-refractivity contribution in [1.29, 1.82) is 0 Å². The molecule has 7 nitrogen and oxygen atoms in total. The minimum absolute atomic E-state index is 0.00915. The van der Waals surface area contributed by atoms with E-state index in [1.54, 1.807) is 4.57 Å². The highest BCUT2D eigenvalue weighted by molar-refractivity contribution is 5.91. The molecule has 3 aromatic rings. The minimum Gasteiger partial charge on any atom is -0.448 e. The molecule has 164 valence electrons. The lowest BCUT2D eigenvalue weighted by Gasteiger charge is -2.21. The lowest BCUT2D eigenvalue weighted by molar-refractivity contribution is -0.116. The zero-order valence-electron chi connectivity index (χ0n) is 17.8. The molecule has 1 N–H and O–H groups in total. The largest absolute Gasteiger partial charge is 0.448 e. The molecule has 2 saturated carbocycles. The molecule has 0 atom stereocenters. The number of rotatable bonds is 5. The zero-order chi connectivity index (χ0) is 21.7. The molecule has 7 heteroatoms. The van der Waals surface area contributed by atoms with Crippen LogP contribution in [0.5, 0.6) is 11.5 Å². The highest BCUT2D eigenvalue weighted by atomic mass is 16.7. The number of aromatic nitrogens is 2. The number of benzene rings is 2. The Labute approximate surface area is 185 Å². The van der Waals surface area contributed by atoms with E-state index in [0.717, 1.165) is 44.3 Å². The number of nitrogens with zero attached hydrogens (tertiary/aromatic N) is 2. The minimum atomic E-state index is -0.515. The monoisotopic (exact) mass is 431 g/mol. The number of fused-ring (bicyclic) bond motifs is 2. The fourth-order valence-corrected chi connectivity index (χ4v) is 4.82. The molecule has 0 bridgehead atoms. The van der Waals surface area contributed by atoms with E-state index in [2.05, 4.69) is 5.32 Å². The smallest absolute Gasteiger partial charge is 0.261 e. The second-order valence-electron chi connectivity index (χ2n) is 8.98. The van der Waals surface area contributed by atoms with Crippen molar-refractivity contribution in [2.24, 2.45) is 0 Å². The van der Waals surface area contributed by atoms with Gasteiger partial charge in [0, 0.05) is 43.5 Å². The average molecular weight is 431 g/mol. The van der Waals surface area contributed by atoms with Crippen LogP contribution in [0.15, 0.2) is 47.3 Å². The van der Waals surface area contributed by atoms with E-state index in [0.29, 0.717) is 34.6 Å². The quantitative estimate of drug-likeness (QED) is 0.650. The molecule has 1 aromatic heterocycles. The number of hydrogen-bond donors (Lipinski definition) is 1. The van der Waals surface area contributed by atoms with Gasteiger partial charge >= 0.3 is 0 Å². The molecular weight excluding hydrogens is 406 g/mol. The van der Waals surface area contributed by atoms with Crippen LogP contribution in [-0.4, -0.2) is 21.2 Å². The third-order valence-corrected chi connectivity index (χ3v) is 6.55. The average Bonchev–Trinajstić information content (AvgIpc) is 3.42. The molecule has 0 saturated heterocycles. The summed E-state index contributed by atoms with van der Waals surface area (Å²) in [6.45, 7) is 0. The van der Waals surface area contributed by atoms with Crippen molar-refractivity contribution >= 4 is 22.5 Å². The van der Waals surface area contributed by atoms with E-state index in [4.69, 9.17) is 14.5 Å². The van der Waals surface area contributed by atoms with E-state index in [9.17, 15) is 9.59 Å².